The number of ether oxygens (including phenoxy) is 1. The summed E-state index contributed by atoms with van der Waals surface area (Å²) in [6.45, 7) is 1.70. The molecule has 0 bridgehead atoms. The molecule has 1 fully saturated rings. The summed E-state index contributed by atoms with van der Waals surface area (Å²) in [6.07, 6.45) is 1.58. The van der Waals surface area contributed by atoms with Gasteiger partial charge in [-0.05, 0) is 31.0 Å². The largest absolute Gasteiger partial charge is 0.447 e. The highest BCUT2D eigenvalue weighted by molar-refractivity contribution is 9.10. The van der Waals surface area contributed by atoms with Crippen LogP contribution in [0.25, 0.3) is 0 Å². The number of rotatable bonds is 5. The van der Waals surface area contributed by atoms with Gasteiger partial charge >= 0.3 is 6.09 Å². The van der Waals surface area contributed by atoms with Crippen molar-refractivity contribution in [2.45, 2.75) is 25.4 Å². The van der Waals surface area contributed by atoms with Gasteiger partial charge in [-0.15, -0.1) is 0 Å². The lowest BCUT2D eigenvalue weighted by molar-refractivity contribution is 0.156. The second kappa shape index (κ2) is 6.20. The molecule has 1 saturated heterocycles. The zero-order chi connectivity index (χ0) is 13.0. The lowest BCUT2D eigenvalue weighted by Gasteiger charge is -2.21. The van der Waals surface area contributed by atoms with E-state index in [2.05, 4.69) is 15.9 Å². The molecule has 0 aliphatic carbocycles. The summed E-state index contributed by atoms with van der Waals surface area (Å²) in [5, 5.41) is 0. The van der Waals surface area contributed by atoms with Crippen molar-refractivity contribution in [3.05, 3.63) is 34.3 Å². The summed E-state index contributed by atoms with van der Waals surface area (Å²) in [6, 6.07) is 8.06. The molecule has 1 aliphatic rings. The first-order valence-electron chi connectivity index (χ1n) is 6.09. The molecule has 0 saturated carbocycles. The van der Waals surface area contributed by atoms with Crippen molar-refractivity contribution in [1.29, 1.82) is 0 Å². The maximum absolute atomic E-state index is 11.7. The Hall–Kier alpha value is -1.07. The molecule has 98 valence electrons. The predicted octanol–water partition coefficient (Wildman–Crippen LogP) is 2.51. The van der Waals surface area contributed by atoms with E-state index >= 15 is 0 Å². The topological polar surface area (TPSA) is 55.6 Å². The fraction of sp³-hybridized carbons (Fsp3) is 0.462. The van der Waals surface area contributed by atoms with Gasteiger partial charge in [0, 0.05) is 4.47 Å². The molecular weight excluding hydrogens is 296 g/mol. The number of nitrogens with zero attached hydrogens (tertiary/aromatic N) is 1. The summed E-state index contributed by atoms with van der Waals surface area (Å²) >= 11 is 3.50. The van der Waals surface area contributed by atoms with Gasteiger partial charge in [0.2, 0.25) is 0 Å². The molecule has 4 nitrogen and oxygen atoms in total. The highest BCUT2D eigenvalue weighted by Gasteiger charge is 2.32. The van der Waals surface area contributed by atoms with Gasteiger partial charge in [-0.3, -0.25) is 4.90 Å². The number of hydrogen-bond donors (Lipinski definition) is 1. The lowest BCUT2D eigenvalue weighted by Crippen LogP contribution is -2.33. The number of hydrogen-bond acceptors (Lipinski definition) is 3. The van der Waals surface area contributed by atoms with Crippen LogP contribution in [-0.4, -0.2) is 30.2 Å². The number of carbonyl (C=O) groups excluding carboxylic acids is 1. The van der Waals surface area contributed by atoms with Crippen LogP contribution in [0.1, 0.15) is 18.4 Å². The molecule has 0 radical (unpaired) electrons. The molecule has 0 aromatic heterocycles. The van der Waals surface area contributed by atoms with Crippen LogP contribution in [0.5, 0.6) is 0 Å². The SMILES string of the molecule is NCCCC1COC(=O)N1Cc1ccccc1Br. The van der Waals surface area contributed by atoms with Crippen molar-refractivity contribution >= 4 is 22.0 Å². The van der Waals surface area contributed by atoms with Gasteiger partial charge in [0.25, 0.3) is 0 Å². The Morgan fingerprint density at radius 3 is 2.94 bits per heavy atom. The lowest BCUT2D eigenvalue weighted by atomic mass is 10.1. The van der Waals surface area contributed by atoms with E-state index in [1.807, 2.05) is 24.3 Å². The van der Waals surface area contributed by atoms with Crippen molar-refractivity contribution < 1.29 is 9.53 Å². The first kappa shape index (κ1) is 13.4. The average Bonchev–Trinajstić information content (AvgIpc) is 2.71. The van der Waals surface area contributed by atoms with Crippen LogP contribution >= 0.6 is 15.9 Å². The van der Waals surface area contributed by atoms with Gasteiger partial charge < -0.3 is 10.5 Å². The van der Waals surface area contributed by atoms with Crippen molar-refractivity contribution in [1.82, 2.24) is 4.90 Å². The molecule has 2 rings (SSSR count). The number of benzene rings is 1. The Balaban J connectivity index is 2.06. The Morgan fingerprint density at radius 1 is 1.44 bits per heavy atom. The van der Waals surface area contributed by atoms with E-state index < -0.39 is 0 Å². The van der Waals surface area contributed by atoms with Crippen LogP contribution in [0.15, 0.2) is 28.7 Å². The molecule has 5 heteroatoms. The minimum Gasteiger partial charge on any atom is -0.447 e. The molecule has 2 N–H and O–H groups in total. The average molecular weight is 313 g/mol. The van der Waals surface area contributed by atoms with Crippen LogP contribution in [0, 0.1) is 0 Å². The Morgan fingerprint density at radius 2 is 2.22 bits per heavy atom. The second-order valence-corrected chi connectivity index (χ2v) is 5.24. The number of nitrogens with two attached hydrogens (primary N) is 1. The van der Waals surface area contributed by atoms with Crippen LogP contribution in [0.3, 0.4) is 0 Å². The highest BCUT2D eigenvalue weighted by Crippen LogP contribution is 2.23. The third-order valence-corrected chi connectivity index (χ3v) is 3.89. The molecule has 1 aromatic rings. The van der Waals surface area contributed by atoms with Gasteiger partial charge in [0.05, 0.1) is 12.6 Å². The van der Waals surface area contributed by atoms with Gasteiger partial charge in [-0.1, -0.05) is 34.1 Å². The molecule has 1 aliphatic heterocycles. The smallest absolute Gasteiger partial charge is 0.410 e. The fourth-order valence-corrected chi connectivity index (χ4v) is 2.50. The summed E-state index contributed by atoms with van der Waals surface area (Å²) in [5.41, 5.74) is 6.60. The van der Waals surface area contributed by atoms with Crippen LogP contribution < -0.4 is 5.73 Å². The maximum atomic E-state index is 11.7. The summed E-state index contributed by atoms with van der Waals surface area (Å²) < 4.78 is 6.13. The monoisotopic (exact) mass is 312 g/mol. The number of carbonyl (C=O) groups is 1. The standard InChI is InChI=1S/C13H17BrN2O2/c14-12-6-2-1-4-10(12)8-16-11(5-3-7-15)9-18-13(16)17/h1-2,4,6,11H,3,5,7-9,15H2. The molecule has 1 amide bonds. The molecule has 0 spiro atoms. The first-order valence-corrected chi connectivity index (χ1v) is 6.88. The van der Waals surface area contributed by atoms with E-state index in [1.54, 1.807) is 4.90 Å². The Labute approximate surface area is 115 Å². The van der Waals surface area contributed by atoms with E-state index in [9.17, 15) is 4.79 Å². The van der Waals surface area contributed by atoms with Crippen molar-refractivity contribution in [2.24, 2.45) is 5.73 Å². The van der Waals surface area contributed by atoms with Crippen LogP contribution in [0.4, 0.5) is 4.79 Å². The molecule has 18 heavy (non-hydrogen) atoms. The predicted molar refractivity (Wildman–Crippen MR) is 73.1 cm³/mol. The summed E-state index contributed by atoms with van der Waals surface area (Å²) in [7, 11) is 0. The number of cyclic esters (lactones) is 1. The third kappa shape index (κ3) is 3.03. The molecular formula is C13H17BrN2O2. The van der Waals surface area contributed by atoms with E-state index in [-0.39, 0.29) is 12.1 Å². The van der Waals surface area contributed by atoms with E-state index in [4.69, 9.17) is 10.5 Å². The van der Waals surface area contributed by atoms with Gasteiger partial charge in [-0.2, -0.15) is 0 Å². The summed E-state index contributed by atoms with van der Waals surface area (Å²) in [4.78, 5) is 13.5. The van der Waals surface area contributed by atoms with Gasteiger partial charge in [0.1, 0.15) is 6.61 Å². The summed E-state index contributed by atoms with van der Waals surface area (Å²) in [5.74, 6) is 0. The first-order chi connectivity index (χ1) is 8.72. The zero-order valence-electron chi connectivity index (χ0n) is 10.1. The van der Waals surface area contributed by atoms with Crippen molar-refractivity contribution in [2.75, 3.05) is 13.2 Å². The fourth-order valence-electron chi connectivity index (χ4n) is 2.09. The number of halogens is 1. The normalized spacial score (nSPS) is 19.1. The van der Waals surface area contributed by atoms with Gasteiger partial charge in [-0.25, -0.2) is 4.79 Å². The van der Waals surface area contributed by atoms with Crippen LogP contribution in [0.2, 0.25) is 0 Å². The van der Waals surface area contributed by atoms with Crippen molar-refractivity contribution in [3.8, 4) is 0 Å². The Bertz CT molecular complexity index is 425. The molecule has 1 aromatic carbocycles. The maximum Gasteiger partial charge on any atom is 0.410 e. The number of amides is 1. The van der Waals surface area contributed by atoms with Gasteiger partial charge in [0.15, 0.2) is 0 Å². The van der Waals surface area contributed by atoms with Crippen LogP contribution in [-0.2, 0) is 11.3 Å². The zero-order valence-corrected chi connectivity index (χ0v) is 11.7. The Kier molecular flexibility index (Phi) is 4.60. The van der Waals surface area contributed by atoms with Crippen molar-refractivity contribution in [3.63, 3.8) is 0 Å². The van der Waals surface area contributed by atoms with E-state index in [0.29, 0.717) is 19.7 Å². The van der Waals surface area contributed by atoms with E-state index in [1.165, 1.54) is 0 Å². The minimum atomic E-state index is -0.229. The molecule has 1 atom stereocenters. The molecule has 1 unspecified atom stereocenters. The highest BCUT2D eigenvalue weighted by atomic mass is 79.9. The third-order valence-electron chi connectivity index (χ3n) is 3.11. The second-order valence-electron chi connectivity index (χ2n) is 4.38. The minimum absolute atomic E-state index is 0.146. The molecule has 1 heterocycles. The quantitative estimate of drug-likeness (QED) is 0.909. The van der Waals surface area contributed by atoms with E-state index in [0.717, 1.165) is 22.9 Å².